The summed E-state index contributed by atoms with van der Waals surface area (Å²) in [6.07, 6.45) is -7.29. The van der Waals surface area contributed by atoms with Crippen molar-refractivity contribution in [2.75, 3.05) is 27.4 Å². The fraction of sp³-hybridized carbons (Fsp3) is 0.720. The Morgan fingerprint density at radius 3 is 1.85 bits per heavy atom. The van der Waals surface area contributed by atoms with E-state index >= 15 is 0 Å². The first-order valence-corrected chi connectivity index (χ1v) is 12.3. The molecule has 39 heavy (non-hydrogen) atoms. The van der Waals surface area contributed by atoms with Gasteiger partial charge in [0.2, 0.25) is 0 Å². The lowest BCUT2D eigenvalue weighted by Crippen LogP contribution is -2.63. The summed E-state index contributed by atoms with van der Waals surface area (Å²) >= 11 is 0. The van der Waals surface area contributed by atoms with Gasteiger partial charge in [-0.05, 0) is 12.8 Å². The Bertz CT molecular complexity index is 903. The monoisotopic (exact) mass is 560 g/mol. The number of aliphatic hydroxyl groups is 1. The van der Waals surface area contributed by atoms with Gasteiger partial charge in [0.25, 0.3) is 0 Å². The first-order chi connectivity index (χ1) is 18.4. The SMILES string of the molecule is C=CCO[C@H]1O[C@H](CO[C@H]2C[C@H](C(=O)OC)[C@@H](C(=O)OC)C[C@@H]2O)[C@@H](OC(C)=O)[C@H](OC(C)=O)[C@@H]1OC(C)=O. The Kier molecular flexibility index (Phi) is 12.3. The number of hydrogen-bond donors (Lipinski definition) is 1. The highest BCUT2D eigenvalue weighted by molar-refractivity contribution is 5.82. The van der Waals surface area contributed by atoms with Crippen LogP contribution < -0.4 is 0 Å². The van der Waals surface area contributed by atoms with E-state index in [-0.39, 0.29) is 26.1 Å². The van der Waals surface area contributed by atoms with Crippen LogP contribution >= 0.6 is 0 Å². The van der Waals surface area contributed by atoms with Gasteiger partial charge in [-0.15, -0.1) is 6.58 Å². The number of methoxy groups -OCH3 is 2. The number of esters is 5. The van der Waals surface area contributed by atoms with Gasteiger partial charge in [-0.1, -0.05) is 6.08 Å². The molecule has 1 saturated carbocycles. The average molecular weight is 561 g/mol. The van der Waals surface area contributed by atoms with Gasteiger partial charge in [0.05, 0.1) is 51.5 Å². The first-order valence-electron chi connectivity index (χ1n) is 12.3. The van der Waals surface area contributed by atoms with Crippen molar-refractivity contribution in [3.05, 3.63) is 12.7 Å². The number of rotatable bonds is 11. The van der Waals surface area contributed by atoms with Gasteiger partial charge >= 0.3 is 29.8 Å². The molecule has 1 N–H and O–H groups in total. The molecule has 0 bridgehead atoms. The lowest BCUT2D eigenvalue weighted by atomic mass is 9.76. The van der Waals surface area contributed by atoms with E-state index < -0.39 is 84.6 Å². The Labute approximate surface area is 225 Å². The van der Waals surface area contributed by atoms with Gasteiger partial charge in [-0.25, -0.2) is 0 Å². The summed E-state index contributed by atoms with van der Waals surface area (Å²) in [4.78, 5) is 60.3. The van der Waals surface area contributed by atoms with Crippen LogP contribution in [0, 0.1) is 11.8 Å². The summed E-state index contributed by atoms with van der Waals surface area (Å²) in [6.45, 7) is 6.58. The van der Waals surface area contributed by atoms with Crippen LogP contribution in [-0.4, -0.2) is 105 Å². The number of aliphatic hydroxyl groups excluding tert-OH is 1. The van der Waals surface area contributed by atoms with Crippen molar-refractivity contribution >= 4 is 29.8 Å². The van der Waals surface area contributed by atoms with Crippen LogP contribution in [0.4, 0.5) is 0 Å². The summed E-state index contributed by atoms with van der Waals surface area (Å²) in [6, 6.07) is 0. The zero-order valence-electron chi connectivity index (χ0n) is 22.6. The molecular weight excluding hydrogens is 524 g/mol. The molecule has 2 aliphatic rings. The van der Waals surface area contributed by atoms with Gasteiger partial charge < -0.3 is 43.0 Å². The average Bonchev–Trinajstić information content (AvgIpc) is 2.87. The standard InChI is InChI=1S/C25H36O14/c1-7-8-34-25-22(38-14(4)28)21(37-13(3)27)20(36-12(2)26)19(39-25)11-35-18-10-16(24(31)33-6)15(9-17(18)29)23(30)32-5/h7,15-22,25,29H,1,8-11H2,2-6H3/t15-,16-,17-,18-,19+,20+,21-,22-,25-/m0/s1. The third-order valence-corrected chi connectivity index (χ3v) is 6.25. The van der Waals surface area contributed by atoms with Crippen molar-refractivity contribution in [1.29, 1.82) is 0 Å². The lowest BCUT2D eigenvalue weighted by molar-refractivity contribution is -0.309. The number of carbonyl (C=O) groups excluding carboxylic acids is 5. The molecule has 0 unspecified atom stereocenters. The van der Waals surface area contributed by atoms with Crippen molar-refractivity contribution < 1.29 is 67.0 Å². The Morgan fingerprint density at radius 2 is 1.33 bits per heavy atom. The normalized spacial score (nSPS) is 32.3. The van der Waals surface area contributed by atoms with Crippen molar-refractivity contribution in [3.8, 4) is 0 Å². The topological polar surface area (TPSA) is 179 Å². The fourth-order valence-corrected chi connectivity index (χ4v) is 4.66. The van der Waals surface area contributed by atoms with E-state index in [4.69, 9.17) is 37.9 Å². The minimum atomic E-state index is -1.34. The van der Waals surface area contributed by atoms with E-state index in [1.807, 2.05) is 0 Å². The molecule has 0 spiro atoms. The lowest BCUT2D eigenvalue weighted by Gasteiger charge is -2.44. The third-order valence-electron chi connectivity index (χ3n) is 6.25. The molecule has 1 saturated heterocycles. The highest BCUT2D eigenvalue weighted by Gasteiger charge is 2.53. The largest absolute Gasteiger partial charge is 0.469 e. The summed E-state index contributed by atoms with van der Waals surface area (Å²) < 4.78 is 43.1. The van der Waals surface area contributed by atoms with Crippen LogP contribution in [0.3, 0.4) is 0 Å². The minimum absolute atomic E-state index is 0.0297. The van der Waals surface area contributed by atoms with E-state index in [0.29, 0.717) is 0 Å². The van der Waals surface area contributed by atoms with E-state index in [0.717, 1.165) is 20.8 Å². The quantitative estimate of drug-likeness (QED) is 0.200. The van der Waals surface area contributed by atoms with E-state index in [1.165, 1.54) is 20.3 Å². The molecule has 2 fully saturated rings. The number of hydrogen-bond acceptors (Lipinski definition) is 14. The third kappa shape index (κ3) is 8.71. The summed E-state index contributed by atoms with van der Waals surface area (Å²) in [7, 11) is 2.35. The number of carbonyl (C=O) groups is 5. The fourth-order valence-electron chi connectivity index (χ4n) is 4.66. The molecule has 0 amide bonds. The maximum Gasteiger partial charge on any atom is 0.309 e. The zero-order valence-corrected chi connectivity index (χ0v) is 22.6. The second-order valence-electron chi connectivity index (χ2n) is 9.06. The van der Waals surface area contributed by atoms with Gasteiger partial charge in [-0.3, -0.25) is 24.0 Å². The molecule has 220 valence electrons. The highest BCUT2D eigenvalue weighted by Crippen LogP contribution is 2.35. The number of ether oxygens (including phenoxy) is 8. The summed E-state index contributed by atoms with van der Waals surface area (Å²) in [5, 5.41) is 10.7. The molecule has 1 aliphatic carbocycles. The Morgan fingerprint density at radius 1 is 0.821 bits per heavy atom. The maximum atomic E-state index is 12.4. The summed E-state index contributed by atoms with van der Waals surface area (Å²) in [5.74, 6) is -5.46. The Balaban J connectivity index is 2.33. The Hall–Kier alpha value is -3.07. The highest BCUT2D eigenvalue weighted by atomic mass is 16.7. The maximum absolute atomic E-state index is 12.4. The van der Waals surface area contributed by atoms with Crippen LogP contribution in [0.5, 0.6) is 0 Å². The predicted molar refractivity (Wildman–Crippen MR) is 127 cm³/mol. The molecule has 1 aliphatic heterocycles. The van der Waals surface area contributed by atoms with Crippen LogP contribution in [0.15, 0.2) is 12.7 Å². The predicted octanol–water partition coefficient (Wildman–Crippen LogP) is -0.173. The van der Waals surface area contributed by atoms with Crippen LogP contribution in [0.2, 0.25) is 0 Å². The molecule has 14 heteroatoms. The second kappa shape index (κ2) is 14.9. The van der Waals surface area contributed by atoms with Crippen molar-refractivity contribution in [2.24, 2.45) is 11.8 Å². The van der Waals surface area contributed by atoms with Crippen LogP contribution in [0.25, 0.3) is 0 Å². The van der Waals surface area contributed by atoms with E-state index in [1.54, 1.807) is 0 Å². The summed E-state index contributed by atoms with van der Waals surface area (Å²) in [5.41, 5.74) is 0. The van der Waals surface area contributed by atoms with Crippen LogP contribution in [0.1, 0.15) is 33.6 Å². The molecule has 2 rings (SSSR count). The van der Waals surface area contributed by atoms with Crippen LogP contribution in [-0.2, 0) is 61.9 Å². The first kappa shape index (κ1) is 32.1. The van der Waals surface area contributed by atoms with Crippen molar-refractivity contribution in [2.45, 2.75) is 76.5 Å². The molecule has 9 atom stereocenters. The van der Waals surface area contributed by atoms with Gasteiger partial charge in [0.1, 0.15) is 6.10 Å². The van der Waals surface area contributed by atoms with E-state index in [9.17, 15) is 29.1 Å². The molecule has 0 aromatic heterocycles. The molecule has 0 aromatic rings. The van der Waals surface area contributed by atoms with Gasteiger partial charge in [-0.2, -0.15) is 0 Å². The molecule has 0 aromatic carbocycles. The molecule has 0 radical (unpaired) electrons. The zero-order chi connectivity index (χ0) is 29.3. The van der Waals surface area contributed by atoms with Crippen molar-refractivity contribution in [3.63, 3.8) is 0 Å². The molecule has 1 heterocycles. The molecule has 14 nitrogen and oxygen atoms in total. The van der Waals surface area contributed by atoms with E-state index in [2.05, 4.69) is 6.58 Å². The smallest absolute Gasteiger partial charge is 0.309 e. The second-order valence-corrected chi connectivity index (χ2v) is 9.06. The van der Waals surface area contributed by atoms with Gasteiger partial charge in [0, 0.05) is 20.8 Å². The minimum Gasteiger partial charge on any atom is -0.469 e. The van der Waals surface area contributed by atoms with Crippen molar-refractivity contribution in [1.82, 2.24) is 0 Å². The molecular formula is C25H36O14. The van der Waals surface area contributed by atoms with Gasteiger partial charge in [0.15, 0.2) is 24.6 Å².